The molecule has 5 nitrogen and oxygen atoms in total. The van der Waals surface area contributed by atoms with E-state index in [2.05, 4.69) is 32.6 Å². The van der Waals surface area contributed by atoms with Crippen LogP contribution >= 0.6 is 22.6 Å². The lowest BCUT2D eigenvalue weighted by molar-refractivity contribution is 0.231. The quantitative estimate of drug-likeness (QED) is 0.866. The first-order valence-electron chi connectivity index (χ1n) is 5.11. The molecule has 0 aliphatic rings. The first-order chi connectivity index (χ1) is 8.08. The van der Waals surface area contributed by atoms with Crippen molar-refractivity contribution in [3.63, 3.8) is 0 Å². The molecule has 17 heavy (non-hydrogen) atoms. The fourth-order valence-corrected chi connectivity index (χ4v) is 1.96. The summed E-state index contributed by atoms with van der Waals surface area (Å²) in [5, 5.41) is 0. The van der Waals surface area contributed by atoms with E-state index in [1.165, 1.54) is 0 Å². The largest absolute Gasteiger partial charge is 0.474 e. The Morgan fingerprint density at radius 1 is 1.41 bits per heavy atom. The van der Waals surface area contributed by atoms with Gasteiger partial charge in [-0.2, -0.15) is 4.98 Å². The number of hydrogen-bond acceptors (Lipinski definition) is 5. The van der Waals surface area contributed by atoms with Crippen molar-refractivity contribution in [2.75, 3.05) is 5.73 Å². The van der Waals surface area contributed by atoms with Gasteiger partial charge in [-0.1, -0.05) is 0 Å². The Morgan fingerprint density at radius 3 is 2.76 bits per heavy atom. The lowest BCUT2D eigenvalue weighted by Crippen LogP contribution is -2.11. The molecule has 6 heteroatoms. The number of nitrogens with two attached hydrogens (primary N) is 1. The Kier molecular flexibility index (Phi) is 3.51. The van der Waals surface area contributed by atoms with Crippen molar-refractivity contribution in [1.82, 2.24) is 9.97 Å². The van der Waals surface area contributed by atoms with Crippen molar-refractivity contribution in [3.8, 4) is 17.3 Å². The van der Waals surface area contributed by atoms with Crippen LogP contribution in [0.3, 0.4) is 0 Å². The van der Waals surface area contributed by atoms with E-state index in [-0.39, 0.29) is 12.1 Å². The Labute approximate surface area is 113 Å². The zero-order valence-corrected chi connectivity index (χ0v) is 11.6. The summed E-state index contributed by atoms with van der Waals surface area (Å²) in [4.78, 5) is 8.25. The highest BCUT2D eigenvalue weighted by atomic mass is 127. The molecule has 0 atom stereocenters. The minimum Gasteiger partial charge on any atom is -0.474 e. The smallest absolute Gasteiger partial charge is 0.233 e. The number of nitrogens with zero attached hydrogens (tertiary/aromatic N) is 2. The second kappa shape index (κ2) is 4.91. The second-order valence-electron chi connectivity index (χ2n) is 3.69. The van der Waals surface area contributed by atoms with Gasteiger partial charge in [-0.05, 0) is 48.6 Å². The highest BCUT2D eigenvalue weighted by Gasteiger charge is 2.16. The average Bonchev–Trinajstić information content (AvgIpc) is 2.75. The van der Waals surface area contributed by atoms with Crippen molar-refractivity contribution in [3.05, 3.63) is 22.0 Å². The van der Waals surface area contributed by atoms with Gasteiger partial charge in [-0.3, -0.25) is 0 Å². The van der Waals surface area contributed by atoms with Gasteiger partial charge in [-0.15, -0.1) is 0 Å². The highest BCUT2D eigenvalue weighted by molar-refractivity contribution is 14.1. The van der Waals surface area contributed by atoms with Gasteiger partial charge in [0.2, 0.25) is 11.8 Å². The minimum atomic E-state index is 0.0299. The zero-order chi connectivity index (χ0) is 12.4. The Balaban J connectivity index is 2.50. The van der Waals surface area contributed by atoms with Gasteiger partial charge in [0.15, 0.2) is 5.76 Å². The summed E-state index contributed by atoms with van der Waals surface area (Å²) in [5.74, 6) is 1.31. The van der Waals surface area contributed by atoms with Gasteiger partial charge in [0.25, 0.3) is 0 Å². The third-order valence-electron chi connectivity index (χ3n) is 1.94. The fraction of sp³-hybridized carbons (Fsp3) is 0.273. The molecule has 2 N–H and O–H groups in total. The van der Waals surface area contributed by atoms with Crippen molar-refractivity contribution < 1.29 is 9.15 Å². The molecule has 0 aromatic carbocycles. The molecular formula is C11H12IN3O2. The normalized spacial score (nSPS) is 10.8. The molecule has 2 heterocycles. The number of anilines is 1. The summed E-state index contributed by atoms with van der Waals surface area (Å²) in [6.45, 7) is 3.86. The maximum atomic E-state index is 5.66. The number of ether oxygens (including phenoxy) is 1. The molecule has 0 saturated carbocycles. The molecule has 0 unspecified atom stereocenters. The van der Waals surface area contributed by atoms with Crippen LogP contribution in [0.5, 0.6) is 5.88 Å². The van der Waals surface area contributed by atoms with E-state index < -0.39 is 0 Å². The molecule has 0 radical (unpaired) electrons. The third kappa shape index (κ3) is 2.68. The number of hydrogen-bond donors (Lipinski definition) is 1. The van der Waals surface area contributed by atoms with Gasteiger partial charge >= 0.3 is 0 Å². The minimum absolute atomic E-state index is 0.0299. The van der Waals surface area contributed by atoms with Gasteiger partial charge in [-0.25, -0.2) is 4.98 Å². The highest BCUT2D eigenvalue weighted by Crippen LogP contribution is 2.30. The molecule has 0 aliphatic heterocycles. The zero-order valence-electron chi connectivity index (χ0n) is 9.48. The molecule has 0 spiro atoms. The summed E-state index contributed by atoms with van der Waals surface area (Å²) in [6, 6.07) is 3.62. The van der Waals surface area contributed by atoms with Crippen LogP contribution in [0.15, 0.2) is 22.8 Å². The number of halogens is 1. The van der Waals surface area contributed by atoms with E-state index in [0.717, 1.165) is 3.57 Å². The monoisotopic (exact) mass is 345 g/mol. The van der Waals surface area contributed by atoms with E-state index in [1.807, 2.05) is 19.9 Å². The maximum Gasteiger partial charge on any atom is 0.233 e. The molecule has 0 fully saturated rings. The summed E-state index contributed by atoms with van der Waals surface area (Å²) in [7, 11) is 0. The predicted octanol–water partition coefficient (Wildman–Crippen LogP) is 2.71. The Morgan fingerprint density at radius 2 is 2.18 bits per heavy atom. The molecule has 90 valence electrons. The van der Waals surface area contributed by atoms with Gasteiger partial charge in [0.05, 0.1) is 12.4 Å². The van der Waals surface area contributed by atoms with Crippen LogP contribution < -0.4 is 10.5 Å². The fourth-order valence-electron chi connectivity index (χ4n) is 1.32. The Hall–Kier alpha value is -1.31. The van der Waals surface area contributed by atoms with Gasteiger partial charge in [0.1, 0.15) is 9.26 Å². The van der Waals surface area contributed by atoms with Crippen LogP contribution in [0.25, 0.3) is 11.5 Å². The lowest BCUT2D eigenvalue weighted by atomic mass is 10.3. The van der Waals surface area contributed by atoms with Crippen LogP contribution in [-0.4, -0.2) is 16.1 Å². The van der Waals surface area contributed by atoms with Crippen LogP contribution in [-0.2, 0) is 0 Å². The summed E-state index contributed by atoms with van der Waals surface area (Å²) < 4.78 is 11.7. The topological polar surface area (TPSA) is 74.2 Å². The first-order valence-corrected chi connectivity index (χ1v) is 6.19. The molecule has 2 aromatic heterocycles. The molecule has 0 bridgehead atoms. The third-order valence-corrected chi connectivity index (χ3v) is 2.91. The molecule has 2 rings (SSSR count). The number of aromatic nitrogens is 2. The van der Waals surface area contributed by atoms with E-state index in [9.17, 15) is 0 Å². The molecule has 0 aliphatic carbocycles. The van der Waals surface area contributed by atoms with Crippen molar-refractivity contribution in [1.29, 1.82) is 0 Å². The van der Waals surface area contributed by atoms with Gasteiger partial charge < -0.3 is 14.9 Å². The average molecular weight is 345 g/mol. The first kappa shape index (κ1) is 12.2. The van der Waals surface area contributed by atoms with E-state index >= 15 is 0 Å². The molecule has 2 aromatic rings. The number of rotatable bonds is 3. The maximum absolute atomic E-state index is 5.66. The number of furan rings is 1. The Bertz CT molecular complexity index is 512. The molecular weight excluding hydrogens is 333 g/mol. The van der Waals surface area contributed by atoms with Crippen molar-refractivity contribution in [2.24, 2.45) is 0 Å². The van der Waals surface area contributed by atoms with E-state index in [4.69, 9.17) is 14.9 Å². The van der Waals surface area contributed by atoms with Crippen LogP contribution in [0.1, 0.15) is 13.8 Å². The van der Waals surface area contributed by atoms with Gasteiger partial charge in [0, 0.05) is 0 Å². The predicted molar refractivity (Wildman–Crippen MR) is 72.6 cm³/mol. The van der Waals surface area contributed by atoms with E-state index in [0.29, 0.717) is 17.3 Å². The van der Waals surface area contributed by atoms with E-state index in [1.54, 1.807) is 12.3 Å². The van der Waals surface area contributed by atoms with Crippen molar-refractivity contribution in [2.45, 2.75) is 20.0 Å². The van der Waals surface area contributed by atoms with Crippen LogP contribution in [0, 0.1) is 3.57 Å². The van der Waals surface area contributed by atoms with Crippen LogP contribution in [0.4, 0.5) is 5.95 Å². The number of nitrogen functional groups attached to an aromatic ring is 1. The van der Waals surface area contributed by atoms with Crippen molar-refractivity contribution >= 4 is 28.5 Å². The lowest BCUT2D eigenvalue weighted by Gasteiger charge is -2.12. The van der Waals surface area contributed by atoms with Crippen LogP contribution in [0.2, 0.25) is 0 Å². The summed E-state index contributed by atoms with van der Waals surface area (Å²) in [6.07, 6.45) is 1.62. The SMILES string of the molecule is CC(C)Oc1nc(N)nc(-c2ccco2)c1I. The molecule has 0 amide bonds. The summed E-state index contributed by atoms with van der Waals surface area (Å²) in [5.41, 5.74) is 6.31. The summed E-state index contributed by atoms with van der Waals surface area (Å²) >= 11 is 2.13. The standard InChI is InChI=1S/C11H12IN3O2/c1-6(2)17-10-8(12)9(14-11(13)15-10)7-4-3-5-16-7/h3-6H,1-2H3,(H2,13,14,15). The second-order valence-corrected chi connectivity index (χ2v) is 4.77. The molecule has 0 saturated heterocycles.